The number of hydrogen-bond donors (Lipinski definition) is 1. The summed E-state index contributed by atoms with van der Waals surface area (Å²) in [4.78, 5) is 2.23. The molecular formula is C13H23F3N2. The predicted molar refractivity (Wildman–Crippen MR) is 65.2 cm³/mol. The summed E-state index contributed by atoms with van der Waals surface area (Å²) in [5.74, 6) is -0.578. The van der Waals surface area contributed by atoms with Crippen molar-refractivity contribution in [1.82, 2.24) is 4.90 Å². The molecule has 0 spiro atoms. The Morgan fingerprint density at radius 2 is 2.06 bits per heavy atom. The first-order valence-electron chi connectivity index (χ1n) is 6.89. The summed E-state index contributed by atoms with van der Waals surface area (Å²) >= 11 is 0. The number of nitrogens with two attached hydrogens (primary N) is 1. The van der Waals surface area contributed by atoms with Crippen molar-refractivity contribution in [3.63, 3.8) is 0 Å². The molecule has 5 heteroatoms. The van der Waals surface area contributed by atoms with E-state index in [1.54, 1.807) is 0 Å². The molecule has 0 aromatic heterocycles. The molecule has 1 saturated heterocycles. The van der Waals surface area contributed by atoms with Crippen LogP contribution in [0.3, 0.4) is 0 Å². The van der Waals surface area contributed by atoms with Crippen LogP contribution in [0, 0.1) is 11.8 Å². The summed E-state index contributed by atoms with van der Waals surface area (Å²) in [7, 11) is 0. The lowest BCUT2D eigenvalue weighted by molar-refractivity contribution is -0.193. The topological polar surface area (TPSA) is 29.3 Å². The summed E-state index contributed by atoms with van der Waals surface area (Å²) < 4.78 is 38.8. The van der Waals surface area contributed by atoms with Crippen LogP contribution in [0.15, 0.2) is 0 Å². The molecule has 1 aliphatic carbocycles. The van der Waals surface area contributed by atoms with Gasteiger partial charge in [-0.2, -0.15) is 13.2 Å². The SMILES string of the molecule is CC1CCN(C2(CN)CCCC(C(F)(F)F)C2)C1. The molecule has 0 aromatic rings. The fraction of sp³-hybridized carbons (Fsp3) is 1.00. The smallest absolute Gasteiger partial charge is 0.329 e. The van der Waals surface area contributed by atoms with E-state index in [4.69, 9.17) is 5.73 Å². The third-order valence-corrected chi connectivity index (χ3v) is 4.76. The Hall–Kier alpha value is -0.290. The van der Waals surface area contributed by atoms with Gasteiger partial charge in [0.2, 0.25) is 0 Å². The van der Waals surface area contributed by atoms with Crippen molar-refractivity contribution in [2.75, 3.05) is 19.6 Å². The second-order valence-electron chi connectivity index (χ2n) is 6.10. The van der Waals surface area contributed by atoms with Gasteiger partial charge in [0.05, 0.1) is 5.92 Å². The molecule has 1 heterocycles. The largest absolute Gasteiger partial charge is 0.391 e. The van der Waals surface area contributed by atoms with E-state index in [-0.39, 0.29) is 12.8 Å². The summed E-state index contributed by atoms with van der Waals surface area (Å²) in [6.07, 6.45) is -1.05. The highest BCUT2D eigenvalue weighted by Gasteiger charge is 2.50. The van der Waals surface area contributed by atoms with Crippen molar-refractivity contribution >= 4 is 0 Å². The molecule has 1 aliphatic heterocycles. The fourth-order valence-electron chi connectivity index (χ4n) is 3.59. The number of rotatable bonds is 2. The van der Waals surface area contributed by atoms with E-state index in [1.165, 1.54) is 0 Å². The number of likely N-dealkylation sites (tertiary alicyclic amines) is 1. The first kappa shape index (κ1) is 14.1. The van der Waals surface area contributed by atoms with Crippen LogP contribution in [0.25, 0.3) is 0 Å². The normalized spacial score (nSPS) is 39.2. The first-order valence-corrected chi connectivity index (χ1v) is 6.89. The van der Waals surface area contributed by atoms with Crippen LogP contribution in [0.4, 0.5) is 13.2 Å². The second kappa shape index (κ2) is 5.00. The summed E-state index contributed by atoms with van der Waals surface area (Å²) in [5.41, 5.74) is 5.46. The Morgan fingerprint density at radius 3 is 2.56 bits per heavy atom. The van der Waals surface area contributed by atoms with Crippen molar-refractivity contribution in [3.8, 4) is 0 Å². The number of alkyl halides is 3. The van der Waals surface area contributed by atoms with Gasteiger partial charge in [-0.1, -0.05) is 13.3 Å². The highest BCUT2D eigenvalue weighted by atomic mass is 19.4. The lowest BCUT2D eigenvalue weighted by Crippen LogP contribution is -2.56. The standard InChI is InChI=1S/C13H23F3N2/c1-10-4-6-18(8-10)12(9-17)5-2-3-11(7-12)13(14,15)16/h10-11H,2-9,17H2,1H3. The molecule has 0 aromatic carbocycles. The lowest BCUT2D eigenvalue weighted by Gasteiger charge is -2.47. The van der Waals surface area contributed by atoms with Crippen molar-refractivity contribution in [1.29, 1.82) is 0 Å². The van der Waals surface area contributed by atoms with Crippen molar-refractivity contribution in [2.45, 2.75) is 50.7 Å². The third-order valence-electron chi connectivity index (χ3n) is 4.76. The zero-order valence-corrected chi connectivity index (χ0v) is 11.0. The molecule has 0 radical (unpaired) electrons. The van der Waals surface area contributed by atoms with Gasteiger partial charge >= 0.3 is 6.18 Å². The minimum absolute atomic E-state index is 0.194. The van der Waals surface area contributed by atoms with Gasteiger partial charge in [0.15, 0.2) is 0 Å². The van der Waals surface area contributed by atoms with Crippen LogP contribution in [0.2, 0.25) is 0 Å². The lowest BCUT2D eigenvalue weighted by atomic mass is 9.74. The minimum Gasteiger partial charge on any atom is -0.329 e. The molecular weight excluding hydrogens is 241 g/mol. The minimum atomic E-state index is -4.06. The van der Waals surface area contributed by atoms with Crippen LogP contribution < -0.4 is 5.73 Å². The third kappa shape index (κ3) is 2.67. The molecule has 0 amide bonds. The Morgan fingerprint density at radius 1 is 1.33 bits per heavy atom. The maximum atomic E-state index is 12.9. The average Bonchev–Trinajstić information content (AvgIpc) is 2.75. The molecule has 0 bridgehead atoms. The van der Waals surface area contributed by atoms with E-state index in [1.807, 2.05) is 0 Å². The summed E-state index contributed by atoms with van der Waals surface area (Å²) in [5, 5.41) is 0. The molecule has 3 atom stereocenters. The molecule has 2 aliphatic rings. The van der Waals surface area contributed by atoms with Crippen LogP contribution in [0.5, 0.6) is 0 Å². The summed E-state index contributed by atoms with van der Waals surface area (Å²) in [6.45, 7) is 4.32. The number of hydrogen-bond acceptors (Lipinski definition) is 2. The Kier molecular flexibility index (Phi) is 3.93. The summed E-state index contributed by atoms with van der Waals surface area (Å²) in [6, 6.07) is 0. The highest BCUT2D eigenvalue weighted by molar-refractivity contribution is 5.00. The monoisotopic (exact) mass is 264 g/mol. The maximum Gasteiger partial charge on any atom is 0.391 e. The van der Waals surface area contributed by atoms with Gasteiger partial charge in [-0.3, -0.25) is 4.90 Å². The van der Waals surface area contributed by atoms with Gasteiger partial charge in [-0.25, -0.2) is 0 Å². The van der Waals surface area contributed by atoms with Crippen LogP contribution in [0.1, 0.15) is 39.0 Å². The van der Waals surface area contributed by atoms with Gasteiger partial charge in [0.25, 0.3) is 0 Å². The zero-order chi connectivity index (χ0) is 13.4. The van der Waals surface area contributed by atoms with Gasteiger partial charge < -0.3 is 5.73 Å². The molecule has 2 rings (SSSR count). The fourth-order valence-corrected chi connectivity index (χ4v) is 3.59. The zero-order valence-electron chi connectivity index (χ0n) is 11.0. The van der Waals surface area contributed by atoms with Crippen molar-refractivity contribution in [2.24, 2.45) is 17.6 Å². The maximum absolute atomic E-state index is 12.9. The van der Waals surface area contributed by atoms with Gasteiger partial charge in [-0.15, -0.1) is 0 Å². The molecule has 1 saturated carbocycles. The van der Waals surface area contributed by atoms with Gasteiger partial charge in [-0.05, 0) is 38.1 Å². The molecule has 2 N–H and O–H groups in total. The van der Waals surface area contributed by atoms with E-state index in [9.17, 15) is 13.2 Å². The molecule has 2 fully saturated rings. The Balaban J connectivity index is 2.11. The van der Waals surface area contributed by atoms with Gasteiger partial charge in [0, 0.05) is 18.6 Å². The molecule has 3 unspecified atom stereocenters. The Bertz CT molecular complexity index is 292. The first-order chi connectivity index (χ1) is 8.37. The van der Waals surface area contributed by atoms with E-state index in [0.717, 1.165) is 25.9 Å². The van der Waals surface area contributed by atoms with Crippen molar-refractivity contribution in [3.05, 3.63) is 0 Å². The van der Waals surface area contributed by atoms with Crippen molar-refractivity contribution < 1.29 is 13.2 Å². The van der Waals surface area contributed by atoms with Crippen LogP contribution >= 0.6 is 0 Å². The van der Waals surface area contributed by atoms with E-state index in [2.05, 4.69) is 11.8 Å². The average molecular weight is 264 g/mol. The van der Waals surface area contributed by atoms with Crippen LogP contribution in [-0.4, -0.2) is 36.2 Å². The number of halogens is 3. The van der Waals surface area contributed by atoms with E-state index >= 15 is 0 Å². The molecule has 106 valence electrons. The molecule has 2 nitrogen and oxygen atoms in total. The van der Waals surface area contributed by atoms with E-state index < -0.39 is 17.6 Å². The van der Waals surface area contributed by atoms with Crippen LogP contribution in [-0.2, 0) is 0 Å². The quantitative estimate of drug-likeness (QED) is 0.831. The highest BCUT2D eigenvalue weighted by Crippen LogP contribution is 2.45. The number of nitrogens with zero attached hydrogens (tertiary/aromatic N) is 1. The van der Waals surface area contributed by atoms with Gasteiger partial charge in [0.1, 0.15) is 0 Å². The van der Waals surface area contributed by atoms with E-state index in [0.29, 0.717) is 18.9 Å². The molecule has 18 heavy (non-hydrogen) atoms. The second-order valence-corrected chi connectivity index (χ2v) is 6.10. The Labute approximate surface area is 107 Å². The predicted octanol–water partition coefficient (Wildman–Crippen LogP) is 2.78.